The van der Waals surface area contributed by atoms with Crippen molar-refractivity contribution in [2.75, 3.05) is 24.5 Å². The second-order valence-corrected chi connectivity index (χ2v) is 13.5. The van der Waals surface area contributed by atoms with E-state index in [1.54, 1.807) is 54.6 Å². The zero-order valence-electron chi connectivity index (χ0n) is 26.0. The van der Waals surface area contributed by atoms with Gasteiger partial charge >= 0.3 is 0 Å². The first-order chi connectivity index (χ1) is 22.0. The van der Waals surface area contributed by atoms with Crippen molar-refractivity contribution < 1.29 is 22.7 Å². The third kappa shape index (κ3) is 8.60. The maximum atomic E-state index is 14.6. The van der Waals surface area contributed by atoms with Crippen molar-refractivity contribution in [3.8, 4) is 5.75 Å². The number of amides is 2. The van der Waals surface area contributed by atoms with E-state index in [0.29, 0.717) is 28.6 Å². The fourth-order valence-corrected chi connectivity index (χ4v) is 6.89. The topological polar surface area (TPSA) is 96.0 Å². The normalized spacial score (nSPS) is 11.8. The predicted molar refractivity (Wildman–Crippen MR) is 183 cm³/mol. The van der Waals surface area contributed by atoms with Crippen molar-refractivity contribution >= 4 is 50.7 Å². The molecule has 0 fully saturated rings. The summed E-state index contributed by atoms with van der Waals surface area (Å²) in [5.74, 6) is -0.705. The molecule has 0 heterocycles. The van der Waals surface area contributed by atoms with Crippen LogP contribution in [0.25, 0.3) is 0 Å². The number of carbonyl (C=O) groups excluding carboxylic acids is 2. The van der Waals surface area contributed by atoms with E-state index >= 15 is 0 Å². The molecule has 4 aromatic rings. The van der Waals surface area contributed by atoms with Gasteiger partial charge in [0.2, 0.25) is 11.8 Å². The highest BCUT2D eigenvalue weighted by molar-refractivity contribution is 7.92. The largest absolute Gasteiger partial charge is 0.495 e. The lowest BCUT2D eigenvalue weighted by Gasteiger charge is -2.34. The van der Waals surface area contributed by atoms with Gasteiger partial charge in [0.1, 0.15) is 18.3 Å². The Bertz CT molecular complexity index is 1760. The number of anilines is 1. The molecule has 0 bridgehead atoms. The van der Waals surface area contributed by atoms with Crippen molar-refractivity contribution in [2.24, 2.45) is 0 Å². The van der Waals surface area contributed by atoms with Crippen LogP contribution in [0.15, 0.2) is 102 Å². The third-order valence-electron chi connectivity index (χ3n) is 7.39. The number of ether oxygens (including phenoxy) is 1. The number of nitrogens with zero attached hydrogens (tertiary/aromatic N) is 2. The van der Waals surface area contributed by atoms with Crippen LogP contribution in [0.3, 0.4) is 0 Å². The van der Waals surface area contributed by atoms with E-state index in [1.807, 2.05) is 44.2 Å². The molecule has 0 saturated carbocycles. The van der Waals surface area contributed by atoms with E-state index in [-0.39, 0.29) is 35.2 Å². The molecule has 0 radical (unpaired) electrons. The Kier molecular flexibility index (Phi) is 12.1. The molecule has 0 unspecified atom stereocenters. The van der Waals surface area contributed by atoms with E-state index in [9.17, 15) is 18.0 Å². The first kappa shape index (κ1) is 34.8. The van der Waals surface area contributed by atoms with Crippen LogP contribution in [-0.4, -0.2) is 51.4 Å². The Balaban J connectivity index is 1.86. The van der Waals surface area contributed by atoms with Gasteiger partial charge in [-0.2, -0.15) is 0 Å². The fourth-order valence-electron chi connectivity index (χ4n) is 4.98. The molecule has 46 heavy (non-hydrogen) atoms. The Morgan fingerprint density at radius 2 is 1.59 bits per heavy atom. The molecular weight excluding hydrogens is 645 g/mol. The van der Waals surface area contributed by atoms with Crippen LogP contribution in [0, 0.1) is 6.92 Å². The summed E-state index contributed by atoms with van der Waals surface area (Å²) in [6.07, 6.45) is 0.879. The molecule has 2 amide bonds. The van der Waals surface area contributed by atoms with Crippen molar-refractivity contribution in [1.29, 1.82) is 0 Å². The Morgan fingerprint density at radius 1 is 0.913 bits per heavy atom. The summed E-state index contributed by atoms with van der Waals surface area (Å²) in [5, 5.41) is 3.65. The van der Waals surface area contributed by atoms with Gasteiger partial charge in [-0.3, -0.25) is 13.9 Å². The van der Waals surface area contributed by atoms with E-state index in [0.717, 1.165) is 15.4 Å². The second kappa shape index (κ2) is 16.0. The van der Waals surface area contributed by atoms with Crippen molar-refractivity contribution in [2.45, 2.75) is 44.2 Å². The minimum Gasteiger partial charge on any atom is -0.495 e. The molecule has 242 valence electrons. The Morgan fingerprint density at radius 3 is 2.22 bits per heavy atom. The van der Waals surface area contributed by atoms with E-state index < -0.39 is 28.5 Å². The molecule has 0 aliphatic carbocycles. The van der Waals surface area contributed by atoms with Crippen LogP contribution < -0.4 is 14.4 Å². The first-order valence-corrected chi connectivity index (χ1v) is 17.0. The monoisotopic (exact) mass is 681 g/mol. The summed E-state index contributed by atoms with van der Waals surface area (Å²) in [6.45, 7) is 3.47. The SMILES string of the molecule is CCCNC(=O)[C@H](Cc1ccccc1)N(Cc1ccc(Cl)cc1Cl)C(=O)CN(c1cc(C)ccc1OC)S(=O)(=O)c1ccccc1. The van der Waals surface area contributed by atoms with Gasteiger partial charge in [0, 0.05) is 29.6 Å². The van der Waals surface area contributed by atoms with Gasteiger partial charge in [-0.05, 0) is 66.4 Å². The molecule has 0 aromatic heterocycles. The highest BCUT2D eigenvalue weighted by atomic mass is 35.5. The molecule has 0 saturated heterocycles. The molecule has 4 rings (SSSR count). The zero-order valence-corrected chi connectivity index (χ0v) is 28.3. The molecule has 0 aliphatic heterocycles. The summed E-state index contributed by atoms with van der Waals surface area (Å²) in [4.78, 5) is 29.8. The van der Waals surface area contributed by atoms with Gasteiger partial charge in [0.25, 0.3) is 10.0 Å². The van der Waals surface area contributed by atoms with Crippen LogP contribution >= 0.6 is 23.2 Å². The first-order valence-electron chi connectivity index (χ1n) is 14.8. The lowest BCUT2D eigenvalue weighted by molar-refractivity contribution is -0.140. The number of nitrogens with one attached hydrogen (secondary N) is 1. The quantitative estimate of drug-likeness (QED) is 0.160. The molecule has 8 nitrogen and oxygen atoms in total. The number of benzene rings is 4. The van der Waals surface area contributed by atoms with Gasteiger partial charge in [-0.25, -0.2) is 8.42 Å². The van der Waals surface area contributed by atoms with E-state index in [1.165, 1.54) is 24.1 Å². The predicted octanol–water partition coefficient (Wildman–Crippen LogP) is 6.67. The molecule has 4 aromatic carbocycles. The number of aryl methyl sites for hydroxylation is 1. The number of sulfonamides is 1. The average Bonchev–Trinajstić information content (AvgIpc) is 3.05. The summed E-state index contributed by atoms with van der Waals surface area (Å²) < 4.78 is 35.1. The molecule has 0 aliphatic rings. The number of halogens is 2. The molecule has 1 atom stereocenters. The van der Waals surface area contributed by atoms with Gasteiger partial charge in [0.05, 0.1) is 17.7 Å². The molecular formula is C35H37Cl2N3O5S. The maximum Gasteiger partial charge on any atom is 0.264 e. The second-order valence-electron chi connectivity index (χ2n) is 10.8. The summed E-state index contributed by atoms with van der Waals surface area (Å²) in [7, 11) is -2.84. The summed E-state index contributed by atoms with van der Waals surface area (Å²) >= 11 is 12.7. The minimum absolute atomic E-state index is 0.000166. The van der Waals surface area contributed by atoms with Crippen LogP contribution in [0.1, 0.15) is 30.0 Å². The van der Waals surface area contributed by atoms with Crippen LogP contribution in [-0.2, 0) is 32.6 Å². The van der Waals surface area contributed by atoms with Gasteiger partial charge in [-0.15, -0.1) is 0 Å². The van der Waals surface area contributed by atoms with Crippen LogP contribution in [0.2, 0.25) is 10.0 Å². The maximum absolute atomic E-state index is 14.6. The van der Waals surface area contributed by atoms with Crippen molar-refractivity contribution in [1.82, 2.24) is 10.2 Å². The Hall–Kier alpha value is -4.05. The van der Waals surface area contributed by atoms with Gasteiger partial charge < -0.3 is 15.0 Å². The number of methoxy groups -OCH3 is 1. The Labute approximate surface area is 280 Å². The number of carbonyl (C=O) groups is 2. The van der Waals surface area contributed by atoms with Crippen LogP contribution in [0.5, 0.6) is 5.75 Å². The number of hydrogen-bond acceptors (Lipinski definition) is 5. The fraction of sp³-hybridized carbons (Fsp3) is 0.257. The third-order valence-corrected chi connectivity index (χ3v) is 9.75. The minimum atomic E-state index is -4.28. The number of rotatable bonds is 14. The molecule has 0 spiro atoms. The van der Waals surface area contributed by atoms with Crippen molar-refractivity contribution in [3.05, 3.63) is 124 Å². The van der Waals surface area contributed by atoms with Crippen molar-refractivity contribution in [3.63, 3.8) is 0 Å². The zero-order chi connectivity index (χ0) is 33.3. The van der Waals surface area contributed by atoms with Gasteiger partial charge in [-0.1, -0.05) is 90.8 Å². The highest BCUT2D eigenvalue weighted by Gasteiger charge is 2.35. The van der Waals surface area contributed by atoms with E-state index in [4.69, 9.17) is 27.9 Å². The molecule has 1 N–H and O–H groups in total. The number of hydrogen-bond donors (Lipinski definition) is 1. The average molecular weight is 683 g/mol. The highest BCUT2D eigenvalue weighted by Crippen LogP contribution is 2.34. The smallest absolute Gasteiger partial charge is 0.264 e. The lowest BCUT2D eigenvalue weighted by Crippen LogP contribution is -2.53. The summed E-state index contributed by atoms with van der Waals surface area (Å²) in [5.41, 5.74) is 2.33. The lowest BCUT2D eigenvalue weighted by atomic mass is 10.0. The van der Waals surface area contributed by atoms with Crippen LogP contribution in [0.4, 0.5) is 5.69 Å². The summed E-state index contributed by atoms with van der Waals surface area (Å²) in [6, 6.07) is 26.2. The molecule has 11 heteroatoms. The standard InChI is InChI=1S/C35H37Cl2N3O5S/c1-4-19-38-35(42)32(21-26-11-7-5-8-12-26)39(23-27-16-17-28(36)22-30(27)37)34(41)24-40(31-20-25(2)15-18-33(31)45-3)46(43,44)29-13-9-6-10-14-29/h5-18,20,22,32H,4,19,21,23-24H2,1-3H3,(H,38,42)/t32-/m0/s1. The van der Waals surface area contributed by atoms with E-state index in [2.05, 4.69) is 5.32 Å². The van der Waals surface area contributed by atoms with Gasteiger partial charge in [0.15, 0.2) is 0 Å².